The van der Waals surface area contributed by atoms with Crippen LogP contribution >= 0.6 is 0 Å². The maximum absolute atomic E-state index is 13.5. The summed E-state index contributed by atoms with van der Waals surface area (Å²) in [5.41, 5.74) is 2.00. The van der Waals surface area contributed by atoms with Crippen LogP contribution < -0.4 is 10.1 Å². The van der Waals surface area contributed by atoms with E-state index in [2.05, 4.69) is 17.2 Å². The molecule has 0 aliphatic carbocycles. The van der Waals surface area contributed by atoms with E-state index in [9.17, 15) is 18.8 Å². The molecule has 0 bridgehead atoms. The lowest BCUT2D eigenvalue weighted by molar-refractivity contribution is -0.136. The maximum atomic E-state index is 13.5. The smallest absolute Gasteiger partial charge is 0.255 e. The van der Waals surface area contributed by atoms with Crippen molar-refractivity contribution in [2.24, 2.45) is 0 Å². The summed E-state index contributed by atoms with van der Waals surface area (Å²) in [4.78, 5) is 37.6. The molecule has 2 aliphatic heterocycles. The molecule has 2 aliphatic rings. The van der Waals surface area contributed by atoms with Crippen LogP contribution in [0.25, 0.3) is 0 Å². The molecule has 2 heterocycles. The number of carbonyl (C=O) groups is 3. The van der Waals surface area contributed by atoms with Crippen molar-refractivity contribution in [3.05, 3.63) is 65.0 Å². The van der Waals surface area contributed by atoms with E-state index in [1.54, 1.807) is 30.3 Å². The molecule has 0 spiro atoms. The van der Waals surface area contributed by atoms with Crippen LogP contribution in [0.3, 0.4) is 0 Å². The van der Waals surface area contributed by atoms with Crippen molar-refractivity contribution in [3.63, 3.8) is 0 Å². The van der Waals surface area contributed by atoms with Crippen LogP contribution in [0.4, 0.5) is 4.39 Å². The SMILES string of the molecule is O=C1CCC(N2Cc3cc(C#CCOc4ccccc4F)ccc3C2=O)C(=O)N1. The van der Waals surface area contributed by atoms with Gasteiger partial charge in [0.25, 0.3) is 5.91 Å². The van der Waals surface area contributed by atoms with E-state index in [4.69, 9.17) is 4.74 Å². The summed E-state index contributed by atoms with van der Waals surface area (Å²) in [6.07, 6.45) is 0.541. The molecule has 7 heteroatoms. The minimum atomic E-state index is -0.642. The average molecular weight is 392 g/mol. The average Bonchev–Trinajstić information content (AvgIpc) is 3.02. The quantitative estimate of drug-likeness (QED) is 0.641. The van der Waals surface area contributed by atoms with Crippen molar-refractivity contribution in [3.8, 4) is 17.6 Å². The molecule has 1 unspecified atom stereocenters. The number of fused-ring (bicyclic) bond motifs is 1. The molecule has 6 nitrogen and oxygen atoms in total. The third-order valence-corrected chi connectivity index (χ3v) is 4.89. The summed E-state index contributed by atoms with van der Waals surface area (Å²) < 4.78 is 18.8. The van der Waals surface area contributed by atoms with E-state index < -0.39 is 17.8 Å². The number of imide groups is 1. The topological polar surface area (TPSA) is 75.7 Å². The van der Waals surface area contributed by atoms with Gasteiger partial charge >= 0.3 is 0 Å². The van der Waals surface area contributed by atoms with Crippen molar-refractivity contribution >= 4 is 17.7 Å². The molecule has 3 amide bonds. The number of piperidine rings is 1. The van der Waals surface area contributed by atoms with Gasteiger partial charge in [-0.05, 0) is 42.3 Å². The molecule has 4 rings (SSSR count). The van der Waals surface area contributed by atoms with Gasteiger partial charge < -0.3 is 9.64 Å². The van der Waals surface area contributed by atoms with E-state index in [-0.39, 0.29) is 30.6 Å². The summed E-state index contributed by atoms with van der Waals surface area (Å²) in [5, 5.41) is 2.28. The second kappa shape index (κ2) is 7.76. The van der Waals surface area contributed by atoms with E-state index in [0.717, 1.165) is 5.56 Å². The third-order valence-electron chi connectivity index (χ3n) is 4.89. The first kappa shape index (κ1) is 18.7. The van der Waals surface area contributed by atoms with Crippen LogP contribution in [0.1, 0.15) is 34.3 Å². The number of ether oxygens (including phenoxy) is 1. The van der Waals surface area contributed by atoms with Crippen molar-refractivity contribution in [2.75, 3.05) is 6.61 Å². The lowest BCUT2D eigenvalue weighted by atomic mass is 10.0. The molecule has 0 saturated carbocycles. The van der Waals surface area contributed by atoms with Crippen LogP contribution in [-0.2, 0) is 16.1 Å². The summed E-state index contributed by atoms with van der Waals surface area (Å²) in [7, 11) is 0. The van der Waals surface area contributed by atoms with Gasteiger partial charge in [0.05, 0.1) is 0 Å². The van der Waals surface area contributed by atoms with E-state index in [1.165, 1.54) is 17.0 Å². The first-order valence-corrected chi connectivity index (χ1v) is 9.17. The van der Waals surface area contributed by atoms with Crippen molar-refractivity contribution in [1.82, 2.24) is 10.2 Å². The van der Waals surface area contributed by atoms with E-state index >= 15 is 0 Å². The predicted molar refractivity (Wildman–Crippen MR) is 101 cm³/mol. The van der Waals surface area contributed by atoms with Crippen LogP contribution in [0.5, 0.6) is 5.75 Å². The number of rotatable bonds is 3. The number of halogens is 1. The van der Waals surface area contributed by atoms with Crippen LogP contribution in [-0.4, -0.2) is 35.3 Å². The molecule has 1 fully saturated rings. The van der Waals surface area contributed by atoms with Gasteiger partial charge in [0.2, 0.25) is 11.8 Å². The molecule has 146 valence electrons. The van der Waals surface area contributed by atoms with Gasteiger partial charge in [0.15, 0.2) is 11.6 Å². The Morgan fingerprint density at radius 3 is 2.79 bits per heavy atom. The number of nitrogens with zero attached hydrogens (tertiary/aromatic N) is 1. The number of hydrogen-bond donors (Lipinski definition) is 1. The summed E-state index contributed by atoms with van der Waals surface area (Å²) in [6, 6.07) is 10.7. The first-order valence-electron chi connectivity index (χ1n) is 9.17. The number of benzene rings is 2. The predicted octanol–water partition coefficient (Wildman–Crippen LogP) is 2.02. The third kappa shape index (κ3) is 3.83. The van der Waals surface area contributed by atoms with Gasteiger partial charge in [-0.3, -0.25) is 19.7 Å². The molecule has 0 aromatic heterocycles. The fourth-order valence-corrected chi connectivity index (χ4v) is 3.47. The first-order chi connectivity index (χ1) is 14.0. The molecule has 29 heavy (non-hydrogen) atoms. The van der Waals surface area contributed by atoms with E-state index in [1.807, 2.05) is 0 Å². The van der Waals surface area contributed by atoms with Gasteiger partial charge in [-0.1, -0.05) is 24.0 Å². The molecule has 0 radical (unpaired) electrons. The minimum Gasteiger partial charge on any atom is -0.478 e. The van der Waals surface area contributed by atoms with Crippen molar-refractivity contribution < 1.29 is 23.5 Å². The Balaban J connectivity index is 1.43. The lowest BCUT2D eigenvalue weighted by Crippen LogP contribution is -2.52. The second-order valence-corrected chi connectivity index (χ2v) is 6.79. The van der Waals surface area contributed by atoms with Gasteiger partial charge in [-0.25, -0.2) is 4.39 Å². The normalized spacial score (nSPS) is 18.0. The highest BCUT2D eigenvalue weighted by atomic mass is 19.1. The number of para-hydroxylation sites is 1. The Labute approximate surface area is 166 Å². The lowest BCUT2D eigenvalue weighted by Gasteiger charge is -2.29. The fraction of sp³-hybridized carbons (Fsp3) is 0.227. The summed E-state index contributed by atoms with van der Waals surface area (Å²) in [5.74, 6) is 4.48. The molecule has 1 saturated heterocycles. The van der Waals surface area contributed by atoms with Gasteiger partial charge in [-0.2, -0.15) is 0 Å². The largest absolute Gasteiger partial charge is 0.478 e. The van der Waals surface area contributed by atoms with Gasteiger partial charge in [-0.15, -0.1) is 0 Å². The molecular weight excluding hydrogens is 375 g/mol. The maximum Gasteiger partial charge on any atom is 0.255 e. The molecule has 1 N–H and O–H groups in total. The number of amides is 3. The summed E-state index contributed by atoms with van der Waals surface area (Å²) >= 11 is 0. The Hall–Kier alpha value is -3.66. The molecule has 2 aromatic rings. The van der Waals surface area contributed by atoms with Crippen LogP contribution in [0.2, 0.25) is 0 Å². The molecule has 2 aromatic carbocycles. The number of nitrogens with one attached hydrogen (secondary N) is 1. The van der Waals surface area contributed by atoms with Crippen LogP contribution in [0, 0.1) is 17.7 Å². The minimum absolute atomic E-state index is 0.0271. The number of carbonyl (C=O) groups excluding carboxylic acids is 3. The Bertz CT molecular complexity index is 1070. The standard InChI is InChI=1S/C22H17FN2O4/c23-17-5-1-2-6-19(17)29-11-3-4-14-7-8-16-15(12-14)13-25(22(16)28)18-9-10-20(26)24-21(18)27/h1-2,5-8,12,18H,9-11,13H2,(H,24,26,27). The second-order valence-electron chi connectivity index (χ2n) is 6.79. The highest BCUT2D eigenvalue weighted by Crippen LogP contribution is 2.28. The Morgan fingerprint density at radius 1 is 1.17 bits per heavy atom. The van der Waals surface area contributed by atoms with Crippen molar-refractivity contribution in [1.29, 1.82) is 0 Å². The van der Waals surface area contributed by atoms with Crippen LogP contribution in [0.15, 0.2) is 42.5 Å². The monoisotopic (exact) mass is 392 g/mol. The fourth-order valence-electron chi connectivity index (χ4n) is 3.47. The van der Waals surface area contributed by atoms with Gasteiger partial charge in [0, 0.05) is 24.1 Å². The molecular formula is C22H17FN2O4. The highest BCUT2D eigenvalue weighted by molar-refractivity contribution is 6.05. The van der Waals surface area contributed by atoms with Crippen molar-refractivity contribution in [2.45, 2.75) is 25.4 Å². The highest BCUT2D eigenvalue weighted by Gasteiger charge is 2.38. The van der Waals surface area contributed by atoms with Gasteiger partial charge in [0.1, 0.15) is 12.6 Å². The Morgan fingerprint density at radius 2 is 2.00 bits per heavy atom. The number of hydrogen-bond acceptors (Lipinski definition) is 4. The van der Waals surface area contributed by atoms with E-state index in [0.29, 0.717) is 24.1 Å². The zero-order valence-electron chi connectivity index (χ0n) is 15.4. The zero-order valence-corrected chi connectivity index (χ0v) is 15.4. The molecule has 1 atom stereocenters. The Kier molecular flexibility index (Phi) is 5.00. The zero-order chi connectivity index (χ0) is 20.4. The summed E-state index contributed by atoms with van der Waals surface area (Å²) in [6.45, 7) is 0.320.